The van der Waals surface area contributed by atoms with Gasteiger partial charge < -0.3 is 14.8 Å². The summed E-state index contributed by atoms with van der Waals surface area (Å²) in [7, 11) is 1.60. The summed E-state index contributed by atoms with van der Waals surface area (Å²) in [6, 6.07) is 30.4. The molecule has 0 saturated carbocycles. The van der Waals surface area contributed by atoms with Crippen molar-refractivity contribution in [3.05, 3.63) is 113 Å². The van der Waals surface area contributed by atoms with E-state index >= 15 is 0 Å². The number of benzene rings is 4. The van der Waals surface area contributed by atoms with Crippen molar-refractivity contribution in [2.24, 2.45) is 0 Å². The van der Waals surface area contributed by atoms with Gasteiger partial charge in [-0.1, -0.05) is 60.1 Å². The minimum absolute atomic E-state index is 0.233. The zero-order valence-corrected chi connectivity index (χ0v) is 18.3. The number of rotatable bonds is 7. The summed E-state index contributed by atoms with van der Waals surface area (Å²) in [5.41, 5.74) is 4.19. The van der Waals surface area contributed by atoms with Crippen LogP contribution in [0.3, 0.4) is 0 Å². The third-order valence-corrected chi connectivity index (χ3v) is 5.22. The largest absolute Gasteiger partial charge is 0.496 e. The monoisotopic (exact) mass is 443 g/mol. The number of nitrogens with one attached hydrogen (secondary N) is 1. The van der Waals surface area contributed by atoms with Crippen LogP contribution in [0.15, 0.2) is 97.1 Å². The van der Waals surface area contributed by atoms with E-state index < -0.39 is 0 Å². The number of hydrogen-bond acceptors (Lipinski definition) is 3. The molecule has 0 unspecified atom stereocenters. The maximum Gasteiger partial charge on any atom is 0.255 e. The van der Waals surface area contributed by atoms with Gasteiger partial charge in [0.1, 0.15) is 18.1 Å². The van der Waals surface area contributed by atoms with Crippen LogP contribution in [0.4, 0.5) is 5.69 Å². The van der Waals surface area contributed by atoms with E-state index in [4.69, 9.17) is 21.1 Å². The zero-order valence-electron chi connectivity index (χ0n) is 17.5. The molecule has 4 nitrogen and oxygen atoms in total. The zero-order chi connectivity index (χ0) is 22.3. The second kappa shape index (κ2) is 10.0. The third kappa shape index (κ3) is 5.29. The first-order valence-electron chi connectivity index (χ1n) is 10.1. The molecular formula is C27H22ClNO3. The van der Waals surface area contributed by atoms with Crippen LogP contribution in [0.25, 0.3) is 11.1 Å². The Morgan fingerprint density at radius 3 is 2.31 bits per heavy atom. The molecule has 4 rings (SSSR count). The van der Waals surface area contributed by atoms with E-state index in [2.05, 4.69) is 17.4 Å². The first kappa shape index (κ1) is 21.5. The average Bonchev–Trinajstić information content (AvgIpc) is 2.83. The number of amides is 1. The van der Waals surface area contributed by atoms with E-state index in [0.717, 1.165) is 22.4 Å². The second-order valence-corrected chi connectivity index (χ2v) is 7.61. The number of halogens is 1. The Morgan fingerprint density at radius 1 is 0.844 bits per heavy atom. The number of anilines is 1. The van der Waals surface area contributed by atoms with Crippen LogP contribution in [0.5, 0.6) is 11.5 Å². The molecule has 0 aliphatic rings. The lowest BCUT2D eigenvalue weighted by Crippen LogP contribution is -2.12. The van der Waals surface area contributed by atoms with Crippen molar-refractivity contribution in [1.82, 2.24) is 0 Å². The Kier molecular flexibility index (Phi) is 6.73. The molecule has 0 fully saturated rings. The maximum absolute atomic E-state index is 12.7. The summed E-state index contributed by atoms with van der Waals surface area (Å²) in [6.45, 7) is 0.270. The van der Waals surface area contributed by atoms with Gasteiger partial charge in [-0.2, -0.15) is 0 Å². The smallest absolute Gasteiger partial charge is 0.255 e. The van der Waals surface area contributed by atoms with Gasteiger partial charge in [-0.3, -0.25) is 4.79 Å². The van der Waals surface area contributed by atoms with Crippen molar-refractivity contribution in [2.45, 2.75) is 6.61 Å². The van der Waals surface area contributed by atoms with Gasteiger partial charge in [-0.25, -0.2) is 0 Å². The van der Waals surface area contributed by atoms with Gasteiger partial charge in [0.25, 0.3) is 5.91 Å². The fourth-order valence-electron chi connectivity index (χ4n) is 3.34. The number of hydrogen-bond donors (Lipinski definition) is 1. The standard InChI is InChI=1S/C27H22ClNO3/c1-31-26-15-12-21(27(30)29-24-9-5-8-23(28)17-24)16-22(26)18-32-25-13-10-20(11-14-25)19-6-3-2-4-7-19/h2-17H,18H2,1H3,(H,29,30). The highest BCUT2D eigenvalue weighted by molar-refractivity contribution is 6.31. The van der Waals surface area contributed by atoms with Gasteiger partial charge >= 0.3 is 0 Å². The average molecular weight is 444 g/mol. The minimum Gasteiger partial charge on any atom is -0.496 e. The topological polar surface area (TPSA) is 47.6 Å². The Bertz CT molecular complexity index is 1210. The number of carbonyl (C=O) groups excluding carboxylic acids is 1. The van der Waals surface area contributed by atoms with Crippen LogP contribution in [-0.2, 0) is 6.61 Å². The van der Waals surface area contributed by atoms with Crippen molar-refractivity contribution < 1.29 is 14.3 Å². The van der Waals surface area contributed by atoms with Crippen molar-refractivity contribution >= 4 is 23.2 Å². The summed E-state index contributed by atoms with van der Waals surface area (Å²) >= 11 is 6.00. The molecular weight excluding hydrogens is 422 g/mol. The van der Waals surface area contributed by atoms with Gasteiger partial charge in [-0.15, -0.1) is 0 Å². The molecule has 1 amide bonds. The number of methoxy groups -OCH3 is 1. The second-order valence-electron chi connectivity index (χ2n) is 7.17. The molecule has 4 aromatic rings. The van der Waals surface area contributed by atoms with Crippen LogP contribution in [0.1, 0.15) is 15.9 Å². The first-order chi connectivity index (χ1) is 15.6. The van der Waals surface area contributed by atoms with Crippen molar-refractivity contribution in [2.75, 3.05) is 12.4 Å². The quantitative estimate of drug-likeness (QED) is 0.340. The van der Waals surface area contributed by atoms with Crippen molar-refractivity contribution in [3.63, 3.8) is 0 Å². The predicted octanol–water partition coefficient (Wildman–Crippen LogP) is 6.85. The Hall–Kier alpha value is -3.76. The molecule has 4 aromatic carbocycles. The molecule has 32 heavy (non-hydrogen) atoms. The highest BCUT2D eigenvalue weighted by Crippen LogP contribution is 2.25. The Balaban J connectivity index is 1.46. The maximum atomic E-state index is 12.7. The van der Waals surface area contributed by atoms with E-state index in [1.807, 2.05) is 42.5 Å². The van der Waals surface area contributed by atoms with Crippen LogP contribution in [-0.4, -0.2) is 13.0 Å². The molecule has 0 bridgehead atoms. The van der Waals surface area contributed by atoms with E-state index in [0.29, 0.717) is 22.0 Å². The molecule has 0 aromatic heterocycles. The van der Waals surface area contributed by atoms with E-state index in [9.17, 15) is 4.79 Å². The van der Waals surface area contributed by atoms with E-state index in [1.54, 1.807) is 49.6 Å². The molecule has 0 aliphatic carbocycles. The summed E-state index contributed by atoms with van der Waals surface area (Å²) in [6.07, 6.45) is 0. The summed E-state index contributed by atoms with van der Waals surface area (Å²) in [5, 5.41) is 3.41. The predicted molar refractivity (Wildman–Crippen MR) is 129 cm³/mol. The summed E-state index contributed by atoms with van der Waals surface area (Å²) < 4.78 is 11.4. The molecule has 160 valence electrons. The van der Waals surface area contributed by atoms with Crippen LogP contribution in [0, 0.1) is 0 Å². The SMILES string of the molecule is COc1ccc(C(=O)Nc2cccc(Cl)c2)cc1COc1ccc(-c2ccccc2)cc1. The van der Waals surface area contributed by atoms with Gasteiger partial charge in [0, 0.05) is 21.8 Å². The molecule has 0 aliphatic heterocycles. The molecule has 0 atom stereocenters. The minimum atomic E-state index is -0.233. The number of carbonyl (C=O) groups is 1. The van der Waals surface area contributed by atoms with E-state index in [-0.39, 0.29) is 12.5 Å². The molecule has 0 heterocycles. The molecule has 0 saturated heterocycles. The van der Waals surface area contributed by atoms with E-state index in [1.165, 1.54) is 0 Å². The fraction of sp³-hybridized carbons (Fsp3) is 0.0741. The van der Waals surface area contributed by atoms with Crippen molar-refractivity contribution in [1.29, 1.82) is 0 Å². The van der Waals surface area contributed by atoms with Crippen LogP contribution >= 0.6 is 11.6 Å². The Labute approximate surface area is 192 Å². The highest BCUT2D eigenvalue weighted by atomic mass is 35.5. The molecule has 0 radical (unpaired) electrons. The van der Waals surface area contributed by atoms with Crippen LogP contribution < -0.4 is 14.8 Å². The number of ether oxygens (including phenoxy) is 2. The summed E-state index contributed by atoms with van der Waals surface area (Å²) in [5.74, 6) is 1.16. The van der Waals surface area contributed by atoms with Gasteiger partial charge in [-0.05, 0) is 59.7 Å². The molecule has 0 spiro atoms. The fourth-order valence-corrected chi connectivity index (χ4v) is 3.53. The van der Waals surface area contributed by atoms with Crippen LogP contribution in [0.2, 0.25) is 5.02 Å². The Morgan fingerprint density at radius 2 is 1.59 bits per heavy atom. The van der Waals surface area contributed by atoms with Crippen molar-refractivity contribution in [3.8, 4) is 22.6 Å². The van der Waals surface area contributed by atoms with Gasteiger partial charge in [0.2, 0.25) is 0 Å². The molecule has 5 heteroatoms. The van der Waals surface area contributed by atoms with Gasteiger partial charge in [0.15, 0.2) is 0 Å². The third-order valence-electron chi connectivity index (χ3n) is 4.98. The lowest BCUT2D eigenvalue weighted by molar-refractivity contribution is 0.102. The lowest BCUT2D eigenvalue weighted by Gasteiger charge is -2.13. The normalized spacial score (nSPS) is 10.4. The first-order valence-corrected chi connectivity index (χ1v) is 10.5. The molecule has 1 N–H and O–H groups in total. The lowest BCUT2D eigenvalue weighted by atomic mass is 10.1. The summed E-state index contributed by atoms with van der Waals surface area (Å²) in [4.78, 5) is 12.7. The highest BCUT2D eigenvalue weighted by Gasteiger charge is 2.12. The van der Waals surface area contributed by atoms with Gasteiger partial charge in [0.05, 0.1) is 7.11 Å².